The van der Waals surface area contributed by atoms with E-state index in [1.807, 2.05) is 6.92 Å². The Labute approximate surface area is 127 Å². The van der Waals surface area contributed by atoms with Gasteiger partial charge in [-0.25, -0.2) is 0 Å². The normalized spacial score (nSPS) is 23.6. The lowest BCUT2D eigenvalue weighted by atomic mass is 9.96. The van der Waals surface area contributed by atoms with Gasteiger partial charge >= 0.3 is 0 Å². The summed E-state index contributed by atoms with van der Waals surface area (Å²) in [5.74, 6) is -0.364. The number of aromatic amines is 1. The van der Waals surface area contributed by atoms with E-state index in [4.69, 9.17) is 4.84 Å². The average molecular weight is 305 g/mol. The lowest BCUT2D eigenvalue weighted by molar-refractivity contribution is -0.154. The fourth-order valence-electron chi connectivity index (χ4n) is 2.96. The molecule has 1 aromatic rings. The predicted octanol–water partition coefficient (Wildman–Crippen LogP) is 0.209. The number of nitrogens with one attached hydrogen (secondary N) is 2. The van der Waals surface area contributed by atoms with Crippen LogP contribution in [0.1, 0.15) is 42.0 Å². The first-order chi connectivity index (χ1) is 10.4. The molecule has 3 rings (SSSR count). The molecule has 0 radical (unpaired) electrons. The summed E-state index contributed by atoms with van der Waals surface area (Å²) in [6.07, 6.45) is 1.13. The van der Waals surface area contributed by atoms with Crippen LogP contribution >= 0.6 is 0 Å². The Kier molecular flexibility index (Phi) is 3.38. The SMILES string of the molecule is CNC(=O)c1n[nH]c2c1CN(C(=O)[C@]1(C)CC(C)=NO1)CC2. The molecule has 0 unspecified atom stereocenters. The van der Waals surface area contributed by atoms with Gasteiger partial charge in [0, 0.05) is 44.2 Å². The zero-order chi connectivity index (χ0) is 15.9. The van der Waals surface area contributed by atoms with Crippen molar-refractivity contribution in [3.63, 3.8) is 0 Å². The van der Waals surface area contributed by atoms with Gasteiger partial charge in [0.1, 0.15) is 0 Å². The summed E-state index contributed by atoms with van der Waals surface area (Å²) in [6, 6.07) is 0. The van der Waals surface area contributed by atoms with Crippen molar-refractivity contribution in [2.45, 2.75) is 38.8 Å². The number of aromatic nitrogens is 2. The second-order valence-corrected chi connectivity index (χ2v) is 5.91. The fraction of sp³-hybridized carbons (Fsp3) is 0.571. The fourth-order valence-corrected chi connectivity index (χ4v) is 2.96. The molecule has 22 heavy (non-hydrogen) atoms. The van der Waals surface area contributed by atoms with Crippen LogP contribution in [0.5, 0.6) is 0 Å². The number of hydrogen-bond donors (Lipinski definition) is 2. The third-order valence-corrected chi connectivity index (χ3v) is 4.11. The topological polar surface area (TPSA) is 99.7 Å². The van der Waals surface area contributed by atoms with Gasteiger partial charge in [0.05, 0.1) is 5.71 Å². The van der Waals surface area contributed by atoms with Crippen molar-refractivity contribution in [2.75, 3.05) is 13.6 Å². The number of amides is 2. The standard InChI is InChI=1S/C14H19N5O3/c1-8-6-14(2,22-18-8)13(21)19-5-4-10-9(7-19)11(17-16-10)12(20)15-3/h4-7H2,1-3H3,(H,15,20)(H,16,17)/t14-/m0/s1. The lowest BCUT2D eigenvalue weighted by Crippen LogP contribution is -2.49. The van der Waals surface area contributed by atoms with Crippen LogP contribution in [0.2, 0.25) is 0 Å². The highest BCUT2D eigenvalue weighted by Gasteiger charge is 2.44. The number of H-pyrrole nitrogens is 1. The van der Waals surface area contributed by atoms with Crippen LogP contribution in [0.25, 0.3) is 0 Å². The van der Waals surface area contributed by atoms with E-state index in [1.54, 1.807) is 18.9 Å². The molecule has 2 aliphatic heterocycles. The van der Waals surface area contributed by atoms with Crippen molar-refractivity contribution in [2.24, 2.45) is 5.16 Å². The maximum absolute atomic E-state index is 12.7. The van der Waals surface area contributed by atoms with Gasteiger partial charge in [0.25, 0.3) is 11.8 Å². The highest BCUT2D eigenvalue weighted by atomic mass is 16.7. The molecular weight excluding hydrogens is 286 g/mol. The van der Waals surface area contributed by atoms with E-state index >= 15 is 0 Å². The first-order valence-electron chi connectivity index (χ1n) is 7.24. The summed E-state index contributed by atoms with van der Waals surface area (Å²) in [4.78, 5) is 31.6. The van der Waals surface area contributed by atoms with Crippen molar-refractivity contribution in [1.29, 1.82) is 0 Å². The summed E-state index contributed by atoms with van der Waals surface area (Å²) < 4.78 is 0. The van der Waals surface area contributed by atoms with Crippen LogP contribution < -0.4 is 5.32 Å². The number of hydrogen-bond acceptors (Lipinski definition) is 5. The molecular formula is C14H19N5O3. The van der Waals surface area contributed by atoms with E-state index in [9.17, 15) is 9.59 Å². The largest absolute Gasteiger partial charge is 0.379 e. The Balaban J connectivity index is 1.81. The third-order valence-electron chi connectivity index (χ3n) is 4.11. The monoisotopic (exact) mass is 305 g/mol. The Morgan fingerprint density at radius 1 is 1.45 bits per heavy atom. The van der Waals surface area contributed by atoms with Gasteiger partial charge in [-0.05, 0) is 13.8 Å². The first-order valence-corrected chi connectivity index (χ1v) is 7.24. The summed E-state index contributed by atoms with van der Waals surface area (Å²) in [6.45, 7) is 4.51. The van der Waals surface area contributed by atoms with E-state index in [0.717, 1.165) is 17.0 Å². The zero-order valence-electron chi connectivity index (χ0n) is 12.9. The van der Waals surface area contributed by atoms with Gasteiger partial charge in [-0.15, -0.1) is 0 Å². The van der Waals surface area contributed by atoms with Gasteiger partial charge in [-0.3, -0.25) is 14.7 Å². The second kappa shape index (κ2) is 5.11. The van der Waals surface area contributed by atoms with Crippen LogP contribution in [0.3, 0.4) is 0 Å². The summed E-state index contributed by atoms with van der Waals surface area (Å²) in [5.41, 5.74) is 1.90. The van der Waals surface area contributed by atoms with Crippen molar-refractivity contribution in [1.82, 2.24) is 20.4 Å². The first kappa shape index (κ1) is 14.6. The Bertz CT molecular complexity index is 665. The molecule has 0 fully saturated rings. The highest BCUT2D eigenvalue weighted by molar-refractivity contribution is 5.96. The molecule has 3 heterocycles. The van der Waals surface area contributed by atoms with Crippen LogP contribution in [0.15, 0.2) is 5.16 Å². The van der Waals surface area contributed by atoms with Gasteiger partial charge < -0.3 is 15.1 Å². The van der Waals surface area contributed by atoms with Gasteiger partial charge in [-0.1, -0.05) is 5.16 Å². The summed E-state index contributed by atoms with van der Waals surface area (Å²) in [7, 11) is 1.56. The van der Waals surface area contributed by atoms with Crippen LogP contribution in [0, 0.1) is 0 Å². The molecule has 0 saturated heterocycles. The molecule has 2 aliphatic rings. The molecule has 0 aliphatic carbocycles. The smallest absolute Gasteiger partial charge is 0.271 e. The Morgan fingerprint density at radius 2 is 2.23 bits per heavy atom. The predicted molar refractivity (Wildman–Crippen MR) is 78.3 cm³/mol. The van der Waals surface area contributed by atoms with Crippen molar-refractivity contribution in [3.05, 3.63) is 17.0 Å². The quantitative estimate of drug-likeness (QED) is 0.815. The number of fused-ring (bicyclic) bond motifs is 1. The molecule has 8 nitrogen and oxygen atoms in total. The van der Waals surface area contributed by atoms with Crippen molar-refractivity contribution >= 4 is 17.5 Å². The molecule has 2 amide bonds. The van der Waals surface area contributed by atoms with Crippen LogP contribution in [0.4, 0.5) is 0 Å². The molecule has 0 saturated carbocycles. The van der Waals surface area contributed by atoms with Crippen LogP contribution in [-0.2, 0) is 22.6 Å². The second-order valence-electron chi connectivity index (χ2n) is 5.91. The van der Waals surface area contributed by atoms with Gasteiger partial charge in [0.2, 0.25) is 5.60 Å². The molecule has 0 bridgehead atoms. The zero-order valence-corrected chi connectivity index (χ0v) is 12.9. The average Bonchev–Trinajstić information content (AvgIpc) is 3.09. The molecule has 1 aromatic heterocycles. The van der Waals surface area contributed by atoms with Gasteiger partial charge in [0.15, 0.2) is 5.69 Å². The lowest BCUT2D eigenvalue weighted by Gasteiger charge is -2.32. The molecule has 118 valence electrons. The number of rotatable bonds is 2. The molecule has 1 atom stereocenters. The van der Waals surface area contributed by atoms with E-state index in [0.29, 0.717) is 31.6 Å². The molecule has 8 heteroatoms. The van der Waals surface area contributed by atoms with E-state index in [-0.39, 0.29) is 11.8 Å². The minimum Gasteiger partial charge on any atom is -0.379 e. The maximum atomic E-state index is 12.7. The highest BCUT2D eigenvalue weighted by Crippen LogP contribution is 2.29. The number of carbonyl (C=O) groups excluding carboxylic acids is 2. The van der Waals surface area contributed by atoms with Crippen LogP contribution in [-0.4, -0.2) is 51.8 Å². The minimum atomic E-state index is -0.946. The Morgan fingerprint density at radius 3 is 2.86 bits per heavy atom. The molecule has 0 aromatic carbocycles. The van der Waals surface area contributed by atoms with Gasteiger partial charge in [-0.2, -0.15) is 5.10 Å². The third kappa shape index (κ3) is 2.24. The molecule has 0 spiro atoms. The van der Waals surface area contributed by atoms with E-state index in [2.05, 4.69) is 20.7 Å². The summed E-state index contributed by atoms with van der Waals surface area (Å²) >= 11 is 0. The molecule has 2 N–H and O–H groups in total. The van der Waals surface area contributed by atoms with E-state index in [1.165, 1.54) is 0 Å². The Hall–Kier alpha value is -2.38. The minimum absolute atomic E-state index is 0.109. The number of carbonyl (C=O) groups is 2. The van der Waals surface area contributed by atoms with Crippen molar-refractivity contribution < 1.29 is 14.4 Å². The maximum Gasteiger partial charge on any atom is 0.271 e. The van der Waals surface area contributed by atoms with Crippen molar-refractivity contribution in [3.8, 4) is 0 Å². The van der Waals surface area contributed by atoms with E-state index < -0.39 is 5.60 Å². The summed E-state index contributed by atoms with van der Waals surface area (Å²) in [5, 5.41) is 13.4. The number of oxime groups is 1. The number of nitrogens with zero attached hydrogens (tertiary/aromatic N) is 3.